The number of aliphatic imine (C=N–C) groups is 1. The third-order valence-corrected chi connectivity index (χ3v) is 7.48. The number of likely N-dealkylation sites (N-methyl/N-ethyl adjacent to an activating group) is 1. The Labute approximate surface area is 186 Å². The Hall–Kier alpha value is -1.31. The molecular formula is C23H40N6S. The number of piperidine rings is 1. The van der Waals surface area contributed by atoms with Crippen LogP contribution in [0.3, 0.4) is 0 Å². The molecule has 168 valence electrons. The molecule has 2 N–H and O–H groups in total. The molecule has 1 fully saturated rings. The van der Waals surface area contributed by atoms with Crippen LogP contribution in [-0.4, -0.2) is 65.6 Å². The minimum Gasteiger partial charge on any atom is -0.360 e. The molecule has 30 heavy (non-hydrogen) atoms. The molecule has 7 heteroatoms. The second-order valence-electron chi connectivity index (χ2n) is 8.68. The highest BCUT2D eigenvalue weighted by atomic mass is 32.1. The Morgan fingerprint density at radius 3 is 2.83 bits per heavy atom. The predicted molar refractivity (Wildman–Crippen MR) is 129 cm³/mol. The summed E-state index contributed by atoms with van der Waals surface area (Å²) in [5, 5.41) is 18.0. The van der Waals surface area contributed by atoms with E-state index in [0.717, 1.165) is 35.9 Å². The summed E-state index contributed by atoms with van der Waals surface area (Å²) in [5.41, 5.74) is -0.157. The van der Waals surface area contributed by atoms with Gasteiger partial charge in [-0.3, -0.25) is 4.99 Å². The van der Waals surface area contributed by atoms with Gasteiger partial charge in [0, 0.05) is 25.0 Å². The molecule has 0 bridgehead atoms. The summed E-state index contributed by atoms with van der Waals surface area (Å²) in [5.74, 6) is 0. The number of nitrogens with zero attached hydrogens (tertiary/aromatic N) is 4. The van der Waals surface area contributed by atoms with Crippen molar-refractivity contribution >= 4 is 22.7 Å². The van der Waals surface area contributed by atoms with Crippen LogP contribution >= 0.6 is 11.3 Å². The van der Waals surface area contributed by atoms with Crippen molar-refractivity contribution in [3.63, 3.8) is 0 Å². The molecule has 3 rings (SSSR count). The van der Waals surface area contributed by atoms with Crippen molar-refractivity contribution in [2.75, 3.05) is 32.0 Å². The molecule has 1 aliphatic carbocycles. The van der Waals surface area contributed by atoms with Gasteiger partial charge in [-0.2, -0.15) is 0 Å². The van der Waals surface area contributed by atoms with Crippen LogP contribution in [0.5, 0.6) is 0 Å². The third-order valence-electron chi connectivity index (χ3n) is 6.60. The lowest BCUT2D eigenvalue weighted by Gasteiger charge is -2.38. The summed E-state index contributed by atoms with van der Waals surface area (Å²) in [6, 6.07) is 1.03. The Morgan fingerprint density at radius 1 is 1.27 bits per heavy atom. The first-order valence-corrected chi connectivity index (χ1v) is 12.6. The molecule has 2 heterocycles. The molecular weight excluding hydrogens is 392 g/mol. The normalized spacial score (nSPS) is 26.3. The maximum Gasteiger partial charge on any atom is 0.205 e. The molecule has 3 unspecified atom stereocenters. The van der Waals surface area contributed by atoms with E-state index in [1.54, 1.807) is 11.3 Å². The fourth-order valence-corrected chi connectivity index (χ4v) is 5.92. The maximum atomic E-state index is 4.90. The highest BCUT2D eigenvalue weighted by Gasteiger charge is 2.38. The van der Waals surface area contributed by atoms with Crippen LogP contribution in [0.15, 0.2) is 17.1 Å². The van der Waals surface area contributed by atoms with Crippen molar-refractivity contribution in [3.8, 4) is 0 Å². The minimum absolute atomic E-state index is 0.157. The largest absolute Gasteiger partial charge is 0.360 e. The number of nitrogens with one attached hydrogen (secondary N) is 2. The van der Waals surface area contributed by atoms with E-state index in [-0.39, 0.29) is 5.54 Å². The molecule has 1 aromatic heterocycles. The average molecular weight is 433 g/mol. The molecule has 1 saturated heterocycles. The van der Waals surface area contributed by atoms with Crippen LogP contribution in [0.1, 0.15) is 70.2 Å². The highest BCUT2D eigenvalue weighted by Crippen LogP contribution is 2.33. The Bertz CT molecular complexity index is 681. The van der Waals surface area contributed by atoms with Crippen LogP contribution in [0, 0.1) is 0 Å². The fraction of sp³-hybridized carbons (Fsp3) is 0.783. The maximum absolute atomic E-state index is 4.90. The summed E-state index contributed by atoms with van der Waals surface area (Å²) in [6.45, 7) is 7.82. The average Bonchev–Trinajstić information content (AvgIpc) is 3.21. The SMILES string of the molecule is CC=NC1(Cc2nnc(NCCC(CCC)N3CCCCC3)s2)CC=CCC1NC. The Balaban J connectivity index is 1.55. The van der Waals surface area contributed by atoms with Gasteiger partial charge in [-0.15, -0.1) is 10.2 Å². The molecule has 1 aromatic rings. The first-order valence-electron chi connectivity index (χ1n) is 11.8. The second kappa shape index (κ2) is 11.9. The number of likely N-dealkylation sites (tertiary alicyclic amines) is 1. The molecule has 0 saturated carbocycles. The first-order chi connectivity index (χ1) is 14.7. The van der Waals surface area contributed by atoms with Gasteiger partial charge >= 0.3 is 0 Å². The van der Waals surface area contributed by atoms with Crippen LogP contribution in [0.4, 0.5) is 5.13 Å². The molecule has 1 aliphatic heterocycles. The van der Waals surface area contributed by atoms with Gasteiger partial charge in [0.25, 0.3) is 0 Å². The third kappa shape index (κ3) is 6.11. The summed E-state index contributed by atoms with van der Waals surface area (Å²) >= 11 is 1.69. The lowest BCUT2D eigenvalue weighted by atomic mass is 9.79. The molecule has 0 aromatic carbocycles. The topological polar surface area (TPSA) is 65.4 Å². The quantitative estimate of drug-likeness (QED) is 0.403. The van der Waals surface area contributed by atoms with Gasteiger partial charge in [0.1, 0.15) is 5.01 Å². The summed E-state index contributed by atoms with van der Waals surface area (Å²) in [4.78, 5) is 7.61. The standard InChI is InChI=1S/C23H40N6S/c1-4-11-19(29-16-9-6-10-17-29)13-15-25-22-28-27-21(30-22)18-23(26-5-2)14-8-7-12-20(23)24-3/h5,7-8,19-20,24H,4,6,9-18H2,1-3H3,(H,25,28). The minimum atomic E-state index is -0.157. The van der Waals surface area contributed by atoms with Crippen molar-refractivity contribution in [3.05, 3.63) is 17.2 Å². The van der Waals surface area contributed by atoms with Crippen molar-refractivity contribution < 1.29 is 0 Å². The molecule has 2 aliphatic rings. The smallest absolute Gasteiger partial charge is 0.205 e. The number of rotatable bonds is 11. The lowest BCUT2D eigenvalue weighted by Crippen LogP contribution is -2.50. The van der Waals surface area contributed by atoms with Gasteiger partial charge in [0.2, 0.25) is 5.13 Å². The fourth-order valence-electron chi connectivity index (χ4n) is 5.04. The van der Waals surface area contributed by atoms with E-state index in [1.807, 2.05) is 20.2 Å². The lowest BCUT2D eigenvalue weighted by molar-refractivity contribution is 0.149. The van der Waals surface area contributed by atoms with E-state index in [4.69, 9.17) is 4.99 Å². The van der Waals surface area contributed by atoms with E-state index in [0.29, 0.717) is 12.1 Å². The summed E-state index contributed by atoms with van der Waals surface area (Å²) in [7, 11) is 2.03. The Morgan fingerprint density at radius 2 is 2.10 bits per heavy atom. The van der Waals surface area contributed by atoms with Crippen molar-refractivity contribution in [1.29, 1.82) is 0 Å². The number of anilines is 1. The highest BCUT2D eigenvalue weighted by molar-refractivity contribution is 7.15. The molecule has 0 amide bonds. The van der Waals surface area contributed by atoms with Crippen LogP contribution in [0.25, 0.3) is 0 Å². The zero-order chi connectivity index (χ0) is 21.2. The Kier molecular flexibility index (Phi) is 9.27. The van der Waals surface area contributed by atoms with Gasteiger partial charge in [-0.25, -0.2) is 0 Å². The summed E-state index contributed by atoms with van der Waals surface area (Å²) in [6.07, 6.45) is 17.1. The molecule has 3 atom stereocenters. The van der Waals surface area contributed by atoms with Crippen LogP contribution in [-0.2, 0) is 6.42 Å². The van der Waals surface area contributed by atoms with Crippen molar-refractivity contribution in [2.45, 2.75) is 89.3 Å². The van der Waals surface area contributed by atoms with Gasteiger partial charge < -0.3 is 15.5 Å². The van der Waals surface area contributed by atoms with Gasteiger partial charge in [0.15, 0.2) is 0 Å². The molecule has 6 nitrogen and oxygen atoms in total. The number of hydrogen-bond acceptors (Lipinski definition) is 7. The van der Waals surface area contributed by atoms with Crippen molar-refractivity contribution in [1.82, 2.24) is 20.4 Å². The van der Waals surface area contributed by atoms with Crippen LogP contribution in [0.2, 0.25) is 0 Å². The van der Waals surface area contributed by atoms with Crippen LogP contribution < -0.4 is 10.6 Å². The first kappa shape index (κ1) is 23.4. The molecule has 0 radical (unpaired) electrons. The summed E-state index contributed by atoms with van der Waals surface area (Å²) < 4.78 is 0. The molecule has 0 spiro atoms. The van der Waals surface area contributed by atoms with E-state index >= 15 is 0 Å². The zero-order valence-corrected chi connectivity index (χ0v) is 19.9. The van der Waals surface area contributed by atoms with E-state index in [9.17, 15) is 0 Å². The number of aromatic nitrogens is 2. The van der Waals surface area contributed by atoms with Crippen molar-refractivity contribution in [2.24, 2.45) is 4.99 Å². The van der Waals surface area contributed by atoms with Gasteiger partial charge in [-0.1, -0.05) is 43.3 Å². The second-order valence-corrected chi connectivity index (χ2v) is 9.74. The van der Waals surface area contributed by atoms with E-state index in [1.165, 1.54) is 51.6 Å². The predicted octanol–water partition coefficient (Wildman–Crippen LogP) is 4.30. The zero-order valence-electron chi connectivity index (χ0n) is 19.1. The van der Waals surface area contributed by atoms with Gasteiger partial charge in [0.05, 0.1) is 5.54 Å². The number of hydrogen-bond donors (Lipinski definition) is 2. The van der Waals surface area contributed by atoms with E-state index in [2.05, 4.69) is 44.8 Å². The van der Waals surface area contributed by atoms with E-state index < -0.39 is 0 Å². The monoisotopic (exact) mass is 432 g/mol. The van der Waals surface area contributed by atoms with Gasteiger partial charge in [-0.05, 0) is 71.8 Å².